The molecule has 1 rings (SSSR count). The summed E-state index contributed by atoms with van der Waals surface area (Å²) in [6.07, 6.45) is -0.0433. The first-order valence-corrected chi connectivity index (χ1v) is 8.48. The van der Waals surface area contributed by atoms with Crippen molar-refractivity contribution >= 4 is 28.0 Å². The van der Waals surface area contributed by atoms with Crippen LogP contribution in [0.5, 0.6) is 11.5 Å². The number of carbonyl (C=O) groups is 2. The molecule has 1 aromatic carbocycles. The van der Waals surface area contributed by atoms with Crippen LogP contribution < -0.4 is 14.8 Å². The van der Waals surface area contributed by atoms with Crippen molar-refractivity contribution in [3.8, 4) is 11.5 Å². The van der Waals surface area contributed by atoms with Crippen molar-refractivity contribution in [3.63, 3.8) is 0 Å². The monoisotopic (exact) mass is 417 g/mol. The quantitative estimate of drug-likeness (QED) is 0.654. The van der Waals surface area contributed by atoms with Gasteiger partial charge in [-0.3, -0.25) is 4.79 Å². The number of rotatable bonds is 8. The molecule has 1 amide bonds. The number of ether oxygens (including phenoxy) is 4. The summed E-state index contributed by atoms with van der Waals surface area (Å²) >= 11 is 3.40. The first-order valence-electron chi connectivity index (χ1n) is 7.69. The fraction of sp³-hybridized carbons (Fsp3) is 0.529. The Morgan fingerprint density at radius 3 is 2.36 bits per heavy atom. The van der Waals surface area contributed by atoms with E-state index in [-0.39, 0.29) is 6.61 Å². The lowest BCUT2D eigenvalue weighted by atomic mass is 10.1. The molecule has 0 radical (unpaired) electrons. The molecule has 0 saturated carbocycles. The zero-order valence-electron chi connectivity index (χ0n) is 15.1. The Morgan fingerprint density at radius 2 is 1.80 bits per heavy atom. The van der Waals surface area contributed by atoms with E-state index in [2.05, 4.69) is 21.2 Å². The van der Waals surface area contributed by atoms with Crippen LogP contribution in [-0.2, 0) is 20.7 Å². The normalized spacial score (nSPS) is 10.8. The number of hydrogen-bond acceptors (Lipinski definition) is 6. The third-order valence-corrected chi connectivity index (χ3v) is 3.81. The van der Waals surface area contributed by atoms with E-state index in [9.17, 15) is 9.59 Å². The second-order valence-electron chi connectivity index (χ2n) is 5.90. The molecule has 0 atom stereocenters. The molecule has 0 bridgehead atoms. The summed E-state index contributed by atoms with van der Waals surface area (Å²) in [6.45, 7) is 4.96. The predicted molar refractivity (Wildman–Crippen MR) is 96.1 cm³/mol. The Morgan fingerprint density at radius 1 is 1.16 bits per heavy atom. The van der Waals surface area contributed by atoms with Crippen LogP contribution in [0, 0.1) is 0 Å². The van der Waals surface area contributed by atoms with Crippen LogP contribution in [0.25, 0.3) is 0 Å². The Labute approximate surface area is 156 Å². The van der Waals surface area contributed by atoms with Gasteiger partial charge in [0.1, 0.15) is 23.7 Å². The van der Waals surface area contributed by atoms with Crippen LogP contribution in [0.1, 0.15) is 26.3 Å². The maximum absolute atomic E-state index is 11.8. The molecule has 1 aromatic rings. The molecule has 0 aromatic heterocycles. The minimum Gasteiger partial charge on any atom is -0.496 e. The zero-order chi connectivity index (χ0) is 19.0. The highest BCUT2D eigenvalue weighted by Crippen LogP contribution is 2.32. The third kappa shape index (κ3) is 7.21. The highest BCUT2D eigenvalue weighted by Gasteiger charge is 2.23. The Balaban J connectivity index is 2.52. The van der Waals surface area contributed by atoms with E-state index >= 15 is 0 Å². The van der Waals surface area contributed by atoms with Crippen LogP contribution in [0.15, 0.2) is 16.6 Å². The maximum atomic E-state index is 11.8. The van der Waals surface area contributed by atoms with E-state index in [4.69, 9.17) is 18.9 Å². The number of amides is 1. The predicted octanol–water partition coefficient (Wildman–Crippen LogP) is 3.08. The van der Waals surface area contributed by atoms with Gasteiger partial charge in [-0.2, -0.15) is 0 Å². The molecule has 7 nitrogen and oxygen atoms in total. The fourth-order valence-electron chi connectivity index (χ4n) is 2.13. The Bertz CT molecular complexity index is 617. The van der Waals surface area contributed by atoms with Crippen molar-refractivity contribution in [3.05, 3.63) is 22.2 Å². The molecule has 0 heterocycles. The summed E-state index contributed by atoms with van der Waals surface area (Å²) < 4.78 is 21.5. The number of benzene rings is 1. The van der Waals surface area contributed by atoms with Crippen molar-refractivity contribution in [2.45, 2.75) is 32.8 Å². The van der Waals surface area contributed by atoms with Gasteiger partial charge in [0, 0.05) is 13.5 Å². The van der Waals surface area contributed by atoms with E-state index in [1.165, 1.54) is 6.92 Å². The number of hydrogen-bond donors (Lipinski definition) is 1. The minimum atomic E-state index is -0.870. The standard InChI is InChI=1S/C17H24BrNO6/c1-11(20)25-17(2,3)10-24-16(21)19-7-6-12-8-15(23-5)13(18)9-14(12)22-4/h8-9H,6-7,10H2,1-5H3,(H,19,21). The molecule has 0 saturated heterocycles. The summed E-state index contributed by atoms with van der Waals surface area (Å²) in [6, 6.07) is 3.66. The van der Waals surface area contributed by atoms with Crippen molar-refractivity contribution in [2.75, 3.05) is 27.4 Å². The molecule has 0 spiro atoms. The summed E-state index contributed by atoms with van der Waals surface area (Å²) in [4.78, 5) is 22.7. The SMILES string of the molecule is COc1cc(CCNC(=O)OCC(C)(C)OC(C)=O)c(OC)cc1Br. The van der Waals surface area contributed by atoms with Crippen LogP contribution in [0.2, 0.25) is 0 Å². The second-order valence-corrected chi connectivity index (χ2v) is 6.76. The molecule has 0 unspecified atom stereocenters. The van der Waals surface area contributed by atoms with Crippen molar-refractivity contribution in [1.82, 2.24) is 5.32 Å². The number of alkyl carbamates (subject to hydrolysis) is 1. The molecule has 0 aliphatic heterocycles. The van der Waals surface area contributed by atoms with Crippen LogP contribution in [-0.4, -0.2) is 45.0 Å². The summed E-state index contributed by atoms with van der Waals surface area (Å²) in [7, 11) is 3.16. The Hall–Kier alpha value is -1.96. The van der Waals surface area contributed by atoms with Crippen molar-refractivity contribution in [2.24, 2.45) is 0 Å². The molecule has 25 heavy (non-hydrogen) atoms. The van der Waals surface area contributed by atoms with Crippen LogP contribution in [0.4, 0.5) is 4.79 Å². The van der Waals surface area contributed by atoms with Crippen LogP contribution in [0.3, 0.4) is 0 Å². The Kier molecular flexibility index (Phi) is 8.02. The lowest BCUT2D eigenvalue weighted by molar-refractivity contribution is -0.157. The van der Waals surface area contributed by atoms with E-state index in [1.54, 1.807) is 28.1 Å². The lowest BCUT2D eigenvalue weighted by Crippen LogP contribution is -2.36. The third-order valence-electron chi connectivity index (χ3n) is 3.19. The van der Waals surface area contributed by atoms with Gasteiger partial charge in [-0.05, 0) is 53.9 Å². The number of carbonyl (C=O) groups excluding carboxylic acids is 2. The van der Waals surface area contributed by atoms with Gasteiger partial charge in [0.2, 0.25) is 0 Å². The zero-order valence-corrected chi connectivity index (χ0v) is 16.7. The number of nitrogens with one attached hydrogen (secondary N) is 1. The molecular weight excluding hydrogens is 394 g/mol. The summed E-state index contributed by atoms with van der Waals surface area (Å²) in [5.41, 5.74) is 0.0222. The van der Waals surface area contributed by atoms with Gasteiger partial charge in [-0.15, -0.1) is 0 Å². The number of methoxy groups -OCH3 is 2. The molecule has 0 fully saturated rings. The second kappa shape index (κ2) is 9.50. The highest BCUT2D eigenvalue weighted by atomic mass is 79.9. The van der Waals surface area contributed by atoms with Gasteiger partial charge in [-0.25, -0.2) is 4.79 Å². The van der Waals surface area contributed by atoms with E-state index < -0.39 is 17.7 Å². The van der Waals surface area contributed by atoms with E-state index in [0.717, 1.165) is 10.0 Å². The first-order chi connectivity index (χ1) is 11.7. The van der Waals surface area contributed by atoms with Gasteiger partial charge >= 0.3 is 12.1 Å². The molecule has 8 heteroatoms. The average Bonchev–Trinajstić information content (AvgIpc) is 2.52. The highest BCUT2D eigenvalue weighted by molar-refractivity contribution is 9.10. The van der Waals surface area contributed by atoms with Gasteiger partial charge < -0.3 is 24.3 Å². The van der Waals surface area contributed by atoms with E-state index in [1.807, 2.05) is 12.1 Å². The largest absolute Gasteiger partial charge is 0.496 e. The van der Waals surface area contributed by atoms with Gasteiger partial charge in [0.05, 0.1) is 18.7 Å². The van der Waals surface area contributed by atoms with E-state index in [0.29, 0.717) is 24.5 Å². The smallest absolute Gasteiger partial charge is 0.407 e. The van der Waals surface area contributed by atoms with Gasteiger partial charge in [0.15, 0.2) is 0 Å². The molecule has 0 aliphatic carbocycles. The number of esters is 1. The summed E-state index contributed by atoms with van der Waals surface area (Å²) in [5.74, 6) is 0.950. The summed E-state index contributed by atoms with van der Waals surface area (Å²) in [5, 5.41) is 2.65. The maximum Gasteiger partial charge on any atom is 0.407 e. The number of halogens is 1. The van der Waals surface area contributed by atoms with Crippen molar-refractivity contribution < 1.29 is 28.5 Å². The first kappa shape index (κ1) is 21.1. The molecule has 0 aliphatic rings. The fourth-order valence-corrected chi connectivity index (χ4v) is 2.61. The minimum absolute atomic E-state index is 0.0339. The lowest BCUT2D eigenvalue weighted by Gasteiger charge is -2.23. The average molecular weight is 418 g/mol. The molecule has 140 valence electrons. The van der Waals surface area contributed by atoms with Crippen molar-refractivity contribution in [1.29, 1.82) is 0 Å². The molecular formula is C17H24BrNO6. The van der Waals surface area contributed by atoms with Gasteiger partial charge in [-0.1, -0.05) is 0 Å². The van der Waals surface area contributed by atoms with Gasteiger partial charge in [0.25, 0.3) is 0 Å². The molecule has 1 N–H and O–H groups in total. The van der Waals surface area contributed by atoms with Crippen LogP contribution >= 0.6 is 15.9 Å². The topological polar surface area (TPSA) is 83.1 Å².